The first-order valence-electron chi connectivity index (χ1n) is 5.72. The van der Waals surface area contributed by atoms with E-state index in [0.717, 1.165) is 6.42 Å². The van der Waals surface area contributed by atoms with Crippen molar-refractivity contribution < 1.29 is 9.59 Å². The van der Waals surface area contributed by atoms with Crippen LogP contribution in [0.4, 0.5) is 0 Å². The largest absolute Gasteiger partial charge is 0.369 e. The molecule has 0 bridgehead atoms. The van der Waals surface area contributed by atoms with Gasteiger partial charge in [-0.3, -0.25) is 9.59 Å². The lowest BCUT2D eigenvalue weighted by Gasteiger charge is -2.22. The second kappa shape index (κ2) is 4.82. The minimum atomic E-state index is -0.564. The van der Waals surface area contributed by atoms with Crippen LogP contribution < -0.4 is 11.5 Å². The molecular formula is C11H21N3O2. The van der Waals surface area contributed by atoms with Crippen molar-refractivity contribution in [2.24, 2.45) is 16.9 Å². The van der Waals surface area contributed by atoms with Gasteiger partial charge < -0.3 is 16.4 Å². The fraction of sp³-hybridized carbons (Fsp3) is 0.818. The molecule has 1 rings (SSSR count). The van der Waals surface area contributed by atoms with Gasteiger partial charge in [0.25, 0.3) is 0 Å². The van der Waals surface area contributed by atoms with E-state index < -0.39 is 5.41 Å². The number of carbonyl (C=O) groups is 2. The van der Waals surface area contributed by atoms with Gasteiger partial charge in [-0.1, -0.05) is 6.92 Å². The molecule has 1 aliphatic heterocycles. The number of rotatable bonds is 4. The Hall–Kier alpha value is -1.10. The third-order valence-electron chi connectivity index (χ3n) is 3.38. The summed E-state index contributed by atoms with van der Waals surface area (Å²) in [5.41, 5.74) is 10.5. The number of hydrogen-bond donors (Lipinski definition) is 2. The molecule has 5 heteroatoms. The average molecular weight is 227 g/mol. The van der Waals surface area contributed by atoms with Crippen LogP contribution in [0.1, 0.15) is 33.1 Å². The molecule has 1 heterocycles. The molecular weight excluding hydrogens is 206 g/mol. The van der Waals surface area contributed by atoms with Crippen LogP contribution in [0.5, 0.6) is 0 Å². The molecule has 0 aromatic heterocycles. The zero-order valence-corrected chi connectivity index (χ0v) is 10.0. The normalized spacial score (nSPS) is 26.8. The lowest BCUT2D eigenvalue weighted by atomic mass is 9.89. The van der Waals surface area contributed by atoms with E-state index in [1.807, 2.05) is 13.8 Å². The smallest absolute Gasteiger partial charge is 0.225 e. The summed E-state index contributed by atoms with van der Waals surface area (Å²) in [6.07, 6.45) is 1.79. The maximum atomic E-state index is 11.8. The molecule has 16 heavy (non-hydrogen) atoms. The van der Waals surface area contributed by atoms with Crippen LogP contribution in [-0.4, -0.2) is 35.8 Å². The monoisotopic (exact) mass is 227 g/mol. The average Bonchev–Trinajstić information content (AvgIpc) is 2.62. The Morgan fingerprint density at radius 2 is 2.12 bits per heavy atom. The Kier molecular flexibility index (Phi) is 3.91. The molecule has 2 amide bonds. The van der Waals surface area contributed by atoms with Crippen molar-refractivity contribution in [3.63, 3.8) is 0 Å². The summed E-state index contributed by atoms with van der Waals surface area (Å²) in [7, 11) is 0. The molecule has 0 radical (unpaired) electrons. The summed E-state index contributed by atoms with van der Waals surface area (Å²) < 4.78 is 0. The van der Waals surface area contributed by atoms with Crippen LogP contribution in [0, 0.1) is 5.41 Å². The molecule has 0 spiro atoms. The fourth-order valence-electron chi connectivity index (χ4n) is 1.87. The Morgan fingerprint density at radius 1 is 1.50 bits per heavy atom. The molecule has 0 aromatic rings. The standard InChI is InChI=1S/C11H21N3O2/c1-3-8(12)6-9(15)14-5-4-11(2,7-14)10(13)16/h8H,3-7,12H2,1-2H3,(H2,13,16). The van der Waals surface area contributed by atoms with Crippen LogP contribution >= 0.6 is 0 Å². The number of amides is 2. The van der Waals surface area contributed by atoms with Gasteiger partial charge in [-0.25, -0.2) is 0 Å². The maximum Gasteiger partial charge on any atom is 0.225 e. The number of hydrogen-bond acceptors (Lipinski definition) is 3. The number of nitrogens with two attached hydrogens (primary N) is 2. The third-order valence-corrected chi connectivity index (χ3v) is 3.38. The van der Waals surface area contributed by atoms with E-state index in [1.54, 1.807) is 4.90 Å². The van der Waals surface area contributed by atoms with Crippen molar-refractivity contribution >= 4 is 11.8 Å². The van der Waals surface area contributed by atoms with Crippen LogP contribution in [0.2, 0.25) is 0 Å². The Labute approximate surface area is 96.1 Å². The first-order valence-corrected chi connectivity index (χ1v) is 5.72. The van der Waals surface area contributed by atoms with Crippen molar-refractivity contribution in [2.45, 2.75) is 39.2 Å². The molecule has 5 nitrogen and oxygen atoms in total. The number of primary amides is 1. The summed E-state index contributed by atoms with van der Waals surface area (Å²) >= 11 is 0. The minimum Gasteiger partial charge on any atom is -0.369 e. The van der Waals surface area contributed by atoms with E-state index in [1.165, 1.54) is 0 Å². The lowest BCUT2D eigenvalue weighted by Crippen LogP contribution is -2.40. The fourth-order valence-corrected chi connectivity index (χ4v) is 1.87. The quantitative estimate of drug-likeness (QED) is 0.699. The SMILES string of the molecule is CCC(N)CC(=O)N1CCC(C)(C(N)=O)C1. The van der Waals surface area contributed by atoms with Gasteiger partial charge in [-0.15, -0.1) is 0 Å². The van der Waals surface area contributed by atoms with Crippen LogP contribution in [0.25, 0.3) is 0 Å². The van der Waals surface area contributed by atoms with E-state index in [0.29, 0.717) is 25.9 Å². The predicted molar refractivity (Wildman–Crippen MR) is 61.4 cm³/mol. The molecule has 1 saturated heterocycles. The highest BCUT2D eigenvalue weighted by atomic mass is 16.2. The Morgan fingerprint density at radius 3 is 2.56 bits per heavy atom. The number of nitrogens with zero attached hydrogens (tertiary/aromatic N) is 1. The Balaban J connectivity index is 2.53. The van der Waals surface area contributed by atoms with Crippen LogP contribution in [0.15, 0.2) is 0 Å². The molecule has 1 aliphatic rings. The molecule has 92 valence electrons. The zero-order valence-electron chi connectivity index (χ0n) is 10.0. The maximum absolute atomic E-state index is 11.8. The third kappa shape index (κ3) is 2.72. The van der Waals surface area contributed by atoms with E-state index in [-0.39, 0.29) is 17.9 Å². The highest BCUT2D eigenvalue weighted by Crippen LogP contribution is 2.29. The highest BCUT2D eigenvalue weighted by molar-refractivity contribution is 5.83. The first-order chi connectivity index (χ1) is 7.39. The summed E-state index contributed by atoms with van der Waals surface area (Å²) in [5.74, 6) is -0.304. The van der Waals surface area contributed by atoms with Gasteiger partial charge in [0.1, 0.15) is 0 Å². The predicted octanol–water partition coefficient (Wildman–Crippen LogP) is -0.162. The second-order valence-electron chi connectivity index (χ2n) is 4.86. The van der Waals surface area contributed by atoms with Gasteiger partial charge in [0.2, 0.25) is 11.8 Å². The first kappa shape index (κ1) is 13.0. The van der Waals surface area contributed by atoms with E-state index in [2.05, 4.69) is 0 Å². The molecule has 0 saturated carbocycles. The number of carbonyl (C=O) groups excluding carboxylic acids is 2. The summed E-state index contributed by atoms with van der Waals surface area (Å²) in [4.78, 5) is 24.7. The van der Waals surface area contributed by atoms with Crippen molar-refractivity contribution in [3.05, 3.63) is 0 Å². The minimum absolute atomic E-state index is 0.0272. The van der Waals surface area contributed by atoms with Gasteiger partial charge in [-0.2, -0.15) is 0 Å². The van der Waals surface area contributed by atoms with Gasteiger partial charge >= 0.3 is 0 Å². The molecule has 4 N–H and O–H groups in total. The van der Waals surface area contributed by atoms with Gasteiger partial charge in [0, 0.05) is 25.6 Å². The van der Waals surface area contributed by atoms with Gasteiger partial charge in [-0.05, 0) is 19.8 Å². The molecule has 0 aliphatic carbocycles. The zero-order chi connectivity index (χ0) is 12.3. The topological polar surface area (TPSA) is 89.4 Å². The van der Waals surface area contributed by atoms with Crippen molar-refractivity contribution in [1.82, 2.24) is 4.90 Å². The Bertz CT molecular complexity index is 293. The van der Waals surface area contributed by atoms with Crippen molar-refractivity contribution in [1.29, 1.82) is 0 Å². The van der Waals surface area contributed by atoms with Crippen LogP contribution in [-0.2, 0) is 9.59 Å². The summed E-state index contributed by atoms with van der Waals surface area (Å²) in [6, 6.07) is -0.0899. The van der Waals surface area contributed by atoms with Crippen molar-refractivity contribution in [3.8, 4) is 0 Å². The van der Waals surface area contributed by atoms with Gasteiger partial charge in [0.05, 0.1) is 5.41 Å². The summed E-state index contributed by atoms with van der Waals surface area (Å²) in [6.45, 7) is 4.80. The van der Waals surface area contributed by atoms with E-state index in [4.69, 9.17) is 11.5 Å². The molecule has 2 atom stereocenters. The molecule has 1 fully saturated rings. The van der Waals surface area contributed by atoms with Gasteiger partial charge in [0.15, 0.2) is 0 Å². The van der Waals surface area contributed by atoms with Crippen molar-refractivity contribution in [2.75, 3.05) is 13.1 Å². The van der Waals surface area contributed by atoms with E-state index >= 15 is 0 Å². The van der Waals surface area contributed by atoms with E-state index in [9.17, 15) is 9.59 Å². The van der Waals surface area contributed by atoms with Crippen LogP contribution in [0.3, 0.4) is 0 Å². The number of likely N-dealkylation sites (tertiary alicyclic amines) is 1. The lowest BCUT2D eigenvalue weighted by molar-refractivity contribution is -0.132. The summed E-state index contributed by atoms with van der Waals surface area (Å²) in [5, 5.41) is 0. The second-order valence-corrected chi connectivity index (χ2v) is 4.86. The molecule has 2 unspecified atom stereocenters. The molecule has 0 aromatic carbocycles. The highest BCUT2D eigenvalue weighted by Gasteiger charge is 2.40.